The summed E-state index contributed by atoms with van der Waals surface area (Å²) in [4.78, 5) is 4.63. The molecule has 0 radical (unpaired) electrons. The Morgan fingerprint density at radius 2 is 1.84 bits per heavy atom. The largest absolute Gasteiger partial charge is 0.323 e. The van der Waals surface area contributed by atoms with Crippen molar-refractivity contribution in [1.29, 1.82) is 0 Å². The van der Waals surface area contributed by atoms with E-state index in [9.17, 15) is 0 Å². The molecule has 0 amide bonds. The lowest BCUT2D eigenvalue weighted by Crippen LogP contribution is -2.04. The second-order valence-electron chi connectivity index (χ2n) is 6.51. The molecule has 1 aromatic carbocycles. The summed E-state index contributed by atoms with van der Waals surface area (Å²) >= 11 is 12.1. The van der Waals surface area contributed by atoms with Crippen LogP contribution in [0.3, 0.4) is 0 Å². The molecular weight excluding hydrogens is 279 g/mol. The van der Waals surface area contributed by atoms with E-state index in [1.165, 1.54) is 0 Å². The molecule has 1 aliphatic rings. The number of alkyl halides is 1. The normalized spacial score (nSPS) is 20.9. The summed E-state index contributed by atoms with van der Waals surface area (Å²) in [6, 6.07) is 6.30. The van der Waals surface area contributed by atoms with Crippen LogP contribution in [0, 0.1) is 10.8 Å². The van der Waals surface area contributed by atoms with Crippen molar-refractivity contribution in [2.75, 3.05) is 0 Å². The molecule has 2 nitrogen and oxygen atoms in total. The van der Waals surface area contributed by atoms with Gasteiger partial charge in [-0.3, -0.25) is 0 Å². The number of fused-ring (bicyclic) bond motifs is 1. The molecule has 1 saturated carbocycles. The van der Waals surface area contributed by atoms with Crippen LogP contribution in [0.5, 0.6) is 0 Å². The van der Waals surface area contributed by atoms with Crippen LogP contribution in [-0.4, -0.2) is 9.55 Å². The lowest BCUT2D eigenvalue weighted by atomic mass is 10.0. The minimum atomic E-state index is 0.251. The topological polar surface area (TPSA) is 17.8 Å². The summed E-state index contributed by atoms with van der Waals surface area (Å²) in [7, 11) is 0. The molecule has 102 valence electrons. The van der Waals surface area contributed by atoms with Gasteiger partial charge in [0.15, 0.2) is 0 Å². The lowest BCUT2D eigenvalue weighted by molar-refractivity contribution is 0.457. The van der Waals surface area contributed by atoms with Crippen molar-refractivity contribution in [1.82, 2.24) is 9.55 Å². The standard InChI is InChI=1S/C15H18Cl2N2/c1-14(2)13(15(14,3)4)19-11-6-5-9(17)7-10(11)18-12(19)8-16/h5-7,13H,8H2,1-4H3. The van der Waals surface area contributed by atoms with Crippen LogP contribution < -0.4 is 0 Å². The molecule has 1 aliphatic carbocycles. The third-order valence-electron chi connectivity index (χ3n) is 5.05. The van der Waals surface area contributed by atoms with Gasteiger partial charge in [0.2, 0.25) is 0 Å². The summed E-state index contributed by atoms with van der Waals surface area (Å²) < 4.78 is 2.30. The molecule has 2 aromatic rings. The zero-order valence-electron chi connectivity index (χ0n) is 11.7. The van der Waals surface area contributed by atoms with Crippen molar-refractivity contribution in [3.63, 3.8) is 0 Å². The summed E-state index contributed by atoms with van der Waals surface area (Å²) in [5, 5.41) is 0.715. The number of aromatic nitrogens is 2. The zero-order valence-corrected chi connectivity index (χ0v) is 13.2. The Bertz CT molecular complexity index is 641. The van der Waals surface area contributed by atoms with E-state index in [0.717, 1.165) is 16.9 Å². The molecule has 19 heavy (non-hydrogen) atoms. The van der Waals surface area contributed by atoms with Gasteiger partial charge >= 0.3 is 0 Å². The van der Waals surface area contributed by atoms with Gasteiger partial charge in [-0.25, -0.2) is 4.98 Å². The average Bonchev–Trinajstić information content (AvgIpc) is 2.63. The molecule has 0 bridgehead atoms. The van der Waals surface area contributed by atoms with E-state index in [1.807, 2.05) is 18.2 Å². The summed E-state index contributed by atoms with van der Waals surface area (Å²) in [5.41, 5.74) is 2.56. The lowest BCUT2D eigenvalue weighted by Gasteiger charge is -2.10. The van der Waals surface area contributed by atoms with Crippen LogP contribution in [0.1, 0.15) is 39.6 Å². The Morgan fingerprint density at radius 3 is 2.37 bits per heavy atom. The molecule has 4 heteroatoms. The van der Waals surface area contributed by atoms with E-state index in [4.69, 9.17) is 23.2 Å². The maximum atomic E-state index is 6.09. The van der Waals surface area contributed by atoms with E-state index in [-0.39, 0.29) is 10.8 Å². The molecule has 0 unspecified atom stereocenters. The highest BCUT2D eigenvalue weighted by molar-refractivity contribution is 6.31. The van der Waals surface area contributed by atoms with Gasteiger partial charge in [0.05, 0.1) is 16.9 Å². The molecule has 0 saturated heterocycles. The number of halogens is 2. The highest BCUT2D eigenvalue weighted by atomic mass is 35.5. The Kier molecular flexibility index (Phi) is 2.72. The molecule has 0 atom stereocenters. The van der Waals surface area contributed by atoms with Crippen molar-refractivity contribution in [2.45, 2.75) is 39.6 Å². The maximum absolute atomic E-state index is 6.09. The van der Waals surface area contributed by atoms with Gasteiger partial charge < -0.3 is 4.57 Å². The Morgan fingerprint density at radius 1 is 1.21 bits per heavy atom. The highest BCUT2D eigenvalue weighted by Crippen LogP contribution is 2.72. The van der Waals surface area contributed by atoms with E-state index in [0.29, 0.717) is 16.9 Å². The van der Waals surface area contributed by atoms with E-state index < -0.39 is 0 Å². The number of hydrogen-bond acceptors (Lipinski definition) is 1. The summed E-state index contributed by atoms with van der Waals surface area (Å²) in [6.45, 7) is 9.21. The SMILES string of the molecule is CC1(C)C(n2c(CCl)nc3cc(Cl)ccc32)C1(C)C. The fraction of sp³-hybridized carbons (Fsp3) is 0.533. The molecular formula is C15H18Cl2N2. The summed E-state index contributed by atoms with van der Waals surface area (Å²) in [5.74, 6) is 1.36. The third kappa shape index (κ3) is 1.66. The molecule has 0 N–H and O–H groups in total. The number of benzene rings is 1. The Hall–Kier alpha value is -0.730. The minimum absolute atomic E-state index is 0.251. The first-order valence-electron chi connectivity index (χ1n) is 6.53. The van der Waals surface area contributed by atoms with Crippen LogP contribution in [0.15, 0.2) is 18.2 Å². The van der Waals surface area contributed by atoms with Crippen molar-refractivity contribution in [2.24, 2.45) is 10.8 Å². The van der Waals surface area contributed by atoms with Gasteiger partial charge in [0.1, 0.15) is 5.82 Å². The van der Waals surface area contributed by atoms with Crippen molar-refractivity contribution in [3.8, 4) is 0 Å². The van der Waals surface area contributed by atoms with Crippen LogP contribution >= 0.6 is 23.2 Å². The fourth-order valence-electron chi connectivity index (χ4n) is 3.31. The molecule has 0 aliphatic heterocycles. The average molecular weight is 297 g/mol. The predicted octanol–water partition coefficient (Wildman–Crippen LogP) is 5.04. The van der Waals surface area contributed by atoms with E-state index >= 15 is 0 Å². The second-order valence-corrected chi connectivity index (χ2v) is 7.21. The molecule has 1 aromatic heterocycles. The molecule has 1 heterocycles. The number of hydrogen-bond donors (Lipinski definition) is 0. The smallest absolute Gasteiger partial charge is 0.125 e. The van der Waals surface area contributed by atoms with Crippen LogP contribution in [-0.2, 0) is 5.88 Å². The van der Waals surface area contributed by atoms with Crippen molar-refractivity contribution in [3.05, 3.63) is 29.0 Å². The molecule has 1 fully saturated rings. The first kappa shape index (κ1) is 13.3. The van der Waals surface area contributed by atoms with E-state index in [1.54, 1.807) is 0 Å². The van der Waals surface area contributed by atoms with Gasteiger partial charge in [-0.15, -0.1) is 11.6 Å². The first-order valence-corrected chi connectivity index (χ1v) is 7.44. The van der Waals surface area contributed by atoms with Gasteiger partial charge in [-0.2, -0.15) is 0 Å². The quantitative estimate of drug-likeness (QED) is 0.710. The monoisotopic (exact) mass is 296 g/mol. The van der Waals surface area contributed by atoms with Crippen molar-refractivity contribution >= 4 is 34.2 Å². The Balaban J connectivity index is 2.24. The predicted molar refractivity (Wildman–Crippen MR) is 80.9 cm³/mol. The third-order valence-corrected chi connectivity index (χ3v) is 5.52. The summed E-state index contributed by atoms with van der Waals surface area (Å²) in [6.07, 6.45) is 0. The van der Waals surface area contributed by atoms with Gasteiger partial charge in [0, 0.05) is 11.1 Å². The van der Waals surface area contributed by atoms with Crippen LogP contribution in [0.4, 0.5) is 0 Å². The molecule has 3 rings (SSSR count). The number of imidazole rings is 1. The number of nitrogens with zero attached hydrogens (tertiary/aromatic N) is 2. The molecule has 0 spiro atoms. The highest BCUT2D eigenvalue weighted by Gasteiger charge is 2.66. The second kappa shape index (κ2) is 3.89. The Labute approximate surface area is 123 Å². The number of rotatable bonds is 2. The van der Waals surface area contributed by atoms with Crippen LogP contribution in [0.25, 0.3) is 11.0 Å². The van der Waals surface area contributed by atoms with Crippen molar-refractivity contribution < 1.29 is 0 Å². The van der Waals surface area contributed by atoms with E-state index in [2.05, 4.69) is 37.2 Å². The van der Waals surface area contributed by atoms with Crippen LogP contribution in [0.2, 0.25) is 5.02 Å². The van der Waals surface area contributed by atoms with Gasteiger partial charge in [-0.05, 0) is 29.0 Å². The fourth-order valence-corrected chi connectivity index (χ4v) is 3.67. The van der Waals surface area contributed by atoms with Gasteiger partial charge in [0.25, 0.3) is 0 Å². The first-order chi connectivity index (χ1) is 8.80. The van der Waals surface area contributed by atoms with Gasteiger partial charge in [-0.1, -0.05) is 39.3 Å². The zero-order chi connectivity index (χ0) is 14.0. The minimum Gasteiger partial charge on any atom is -0.323 e. The maximum Gasteiger partial charge on any atom is 0.125 e.